The average molecular weight is 342 g/mol. The number of nitrogens with one attached hydrogen (secondary N) is 1. The van der Waals surface area contributed by atoms with Gasteiger partial charge in [-0.05, 0) is 30.9 Å². The maximum atomic E-state index is 4.44. The molecule has 0 amide bonds. The molecule has 0 bridgehead atoms. The Morgan fingerprint density at radius 1 is 1.14 bits per heavy atom. The zero-order valence-corrected chi connectivity index (χ0v) is 14.9. The Morgan fingerprint density at radius 3 is 2.62 bits per heavy atom. The molecule has 0 saturated heterocycles. The highest BCUT2D eigenvalue weighted by atomic mass is 32.2. The van der Waals surface area contributed by atoms with Gasteiger partial charge in [0.1, 0.15) is 17.2 Å². The first-order valence-electron chi connectivity index (χ1n) is 6.91. The quantitative estimate of drug-likeness (QED) is 0.575. The molecule has 0 aliphatic rings. The highest BCUT2D eigenvalue weighted by Gasteiger charge is 2.14. The fourth-order valence-electron chi connectivity index (χ4n) is 1.76. The van der Waals surface area contributed by atoms with E-state index in [4.69, 9.17) is 0 Å². The molecule has 114 valence electrons. The molecular weight excluding hydrogens is 322 g/mol. The molecule has 0 atom stereocenters. The summed E-state index contributed by atoms with van der Waals surface area (Å²) in [4.78, 5) is 8.83. The number of nitrogens with zero attached hydrogens (tertiary/aromatic N) is 4. The lowest BCUT2D eigenvalue weighted by Crippen LogP contribution is -2.07. The summed E-state index contributed by atoms with van der Waals surface area (Å²) < 4.78 is 1.91. The zero-order chi connectivity index (χ0) is 15.1. The van der Waals surface area contributed by atoms with Gasteiger partial charge in [0.25, 0.3) is 0 Å². The zero-order valence-electron chi connectivity index (χ0n) is 12.4. The number of anilines is 1. The SMILES string of the molecule is CCCNc1ncnc(Sc2nnc(SC)s2)c1CCC. The van der Waals surface area contributed by atoms with Crippen molar-refractivity contribution in [3.05, 3.63) is 11.9 Å². The molecule has 0 aromatic carbocycles. The van der Waals surface area contributed by atoms with Crippen LogP contribution < -0.4 is 5.32 Å². The average Bonchev–Trinajstić information content (AvgIpc) is 2.95. The topological polar surface area (TPSA) is 63.6 Å². The molecule has 0 fully saturated rings. The van der Waals surface area contributed by atoms with E-state index in [1.807, 2.05) is 6.26 Å². The minimum absolute atomic E-state index is 0.924. The molecule has 0 saturated carbocycles. The summed E-state index contributed by atoms with van der Waals surface area (Å²) in [6, 6.07) is 0. The second-order valence-electron chi connectivity index (χ2n) is 4.32. The van der Waals surface area contributed by atoms with Crippen molar-refractivity contribution in [3.8, 4) is 0 Å². The van der Waals surface area contributed by atoms with Gasteiger partial charge in [0.2, 0.25) is 0 Å². The van der Waals surface area contributed by atoms with Crippen molar-refractivity contribution in [2.75, 3.05) is 18.1 Å². The van der Waals surface area contributed by atoms with Crippen molar-refractivity contribution in [2.24, 2.45) is 0 Å². The van der Waals surface area contributed by atoms with E-state index < -0.39 is 0 Å². The molecule has 0 aliphatic heterocycles. The lowest BCUT2D eigenvalue weighted by Gasteiger charge is -2.12. The van der Waals surface area contributed by atoms with E-state index in [0.29, 0.717) is 0 Å². The van der Waals surface area contributed by atoms with Crippen LogP contribution in [0, 0.1) is 0 Å². The van der Waals surface area contributed by atoms with Crippen LogP contribution in [0.15, 0.2) is 20.0 Å². The second-order valence-corrected chi connectivity index (χ2v) is 7.59. The van der Waals surface area contributed by atoms with Crippen LogP contribution in [0.5, 0.6) is 0 Å². The van der Waals surface area contributed by atoms with E-state index in [0.717, 1.165) is 45.3 Å². The third-order valence-corrected chi connectivity index (χ3v) is 5.69. The highest BCUT2D eigenvalue weighted by Crippen LogP contribution is 2.35. The Kier molecular flexibility index (Phi) is 6.72. The van der Waals surface area contributed by atoms with E-state index >= 15 is 0 Å². The van der Waals surface area contributed by atoms with E-state index in [-0.39, 0.29) is 0 Å². The predicted molar refractivity (Wildman–Crippen MR) is 90.6 cm³/mol. The Hall–Kier alpha value is -0.860. The van der Waals surface area contributed by atoms with Crippen LogP contribution >= 0.6 is 34.9 Å². The van der Waals surface area contributed by atoms with Gasteiger partial charge in [-0.15, -0.1) is 10.2 Å². The third kappa shape index (κ3) is 4.55. The highest BCUT2D eigenvalue weighted by molar-refractivity contribution is 8.03. The maximum absolute atomic E-state index is 4.44. The Balaban J connectivity index is 2.24. The van der Waals surface area contributed by atoms with E-state index in [2.05, 4.69) is 39.3 Å². The van der Waals surface area contributed by atoms with Crippen LogP contribution in [0.4, 0.5) is 5.82 Å². The van der Waals surface area contributed by atoms with Gasteiger partial charge >= 0.3 is 0 Å². The van der Waals surface area contributed by atoms with Gasteiger partial charge in [-0.1, -0.05) is 43.4 Å². The lowest BCUT2D eigenvalue weighted by atomic mass is 10.2. The first kappa shape index (κ1) is 16.5. The molecule has 0 aliphatic carbocycles. The molecule has 2 rings (SSSR count). The van der Waals surface area contributed by atoms with Gasteiger partial charge in [-0.2, -0.15) is 0 Å². The summed E-state index contributed by atoms with van der Waals surface area (Å²) in [5, 5.41) is 12.7. The Bertz CT molecular complexity index is 573. The van der Waals surface area contributed by atoms with Crippen molar-refractivity contribution in [1.29, 1.82) is 0 Å². The first-order valence-corrected chi connectivity index (χ1v) is 9.77. The largest absolute Gasteiger partial charge is 0.370 e. The summed E-state index contributed by atoms with van der Waals surface area (Å²) in [5.74, 6) is 0.950. The molecule has 0 spiro atoms. The van der Waals surface area contributed by atoms with Crippen LogP contribution in [-0.2, 0) is 6.42 Å². The lowest BCUT2D eigenvalue weighted by molar-refractivity contribution is 0.847. The fourth-order valence-corrected chi connectivity index (χ4v) is 4.23. The van der Waals surface area contributed by atoms with Gasteiger partial charge in [0, 0.05) is 12.1 Å². The molecule has 8 heteroatoms. The normalized spacial score (nSPS) is 10.8. The molecule has 2 heterocycles. The van der Waals surface area contributed by atoms with Gasteiger partial charge < -0.3 is 5.32 Å². The van der Waals surface area contributed by atoms with E-state index in [1.54, 1.807) is 41.2 Å². The van der Waals surface area contributed by atoms with Crippen LogP contribution in [0.2, 0.25) is 0 Å². The molecule has 0 radical (unpaired) electrons. The molecule has 2 aromatic rings. The third-order valence-electron chi connectivity index (χ3n) is 2.69. The molecule has 1 N–H and O–H groups in total. The van der Waals surface area contributed by atoms with Crippen molar-refractivity contribution >= 4 is 40.7 Å². The maximum Gasteiger partial charge on any atom is 0.181 e. The number of thioether (sulfide) groups is 1. The van der Waals surface area contributed by atoms with Gasteiger partial charge in [-0.25, -0.2) is 9.97 Å². The summed E-state index contributed by atoms with van der Waals surface area (Å²) in [6.07, 6.45) is 6.73. The van der Waals surface area contributed by atoms with Crippen molar-refractivity contribution in [3.63, 3.8) is 0 Å². The van der Waals surface area contributed by atoms with Gasteiger partial charge in [-0.3, -0.25) is 0 Å². The number of aromatic nitrogens is 4. The number of hydrogen-bond acceptors (Lipinski definition) is 8. The summed E-state index contributed by atoms with van der Waals surface area (Å²) in [5.41, 5.74) is 1.18. The van der Waals surface area contributed by atoms with Crippen LogP contribution in [0.1, 0.15) is 32.3 Å². The Labute approximate surface area is 137 Å². The van der Waals surface area contributed by atoms with Gasteiger partial charge in [0.15, 0.2) is 8.68 Å². The van der Waals surface area contributed by atoms with E-state index in [1.165, 1.54) is 5.56 Å². The van der Waals surface area contributed by atoms with Crippen LogP contribution in [-0.4, -0.2) is 33.0 Å². The van der Waals surface area contributed by atoms with Gasteiger partial charge in [0.05, 0.1) is 0 Å². The van der Waals surface area contributed by atoms with Crippen LogP contribution in [0.25, 0.3) is 0 Å². The van der Waals surface area contributed by atoms with E-state index in [9.17, 15) is 0 Å². The predicted octanol–water partition coefficient (Wildman–Crippen LogP) is 3.98. The minimum Gasteiger partial charge on any atom is -0.370 e. The number of hydrogen-bond donors (Lipinski definition) is 1. The van der Waals surface area contributed by atoms with Crippen molar-refractivity contribution in [1.82, 2.24) is 20.2 Å². The summed E-state index contributed by atoms with van der Waals surface area (Å²) in [6.45, 7) is 5.24. The summed E-state index contributed by atoms with van der Waals surface area (Å²) in [7, 11) is 0. The molecular formula is C13H19N5S3. The first-order chi connectivity index (χ1) is 10.3. The standard InChI is InChI=1S/C13H19N5S3/c1-4-6-9-10(14-7-5-2)15-8-16-11(9)20-13-18-17-12(19-3)21-13/h8H,4-7H2,1-3H3,(H,14,15,16). The van der Waals surface area contributed by atoms with Crippen molar-refractivity contribution < 1.29 is 0 Å². The van der Waals surface area contributed by atoms with Crippen LogP contribution in [0.3, 0.4) is 0 Å². The smallest absolute Gasteiger partial charge is 0.181 e. The Morgan fingerprint density at radius 2 is 1.95 bits per heavy atom. The molecule has 0 unspecified atom stereocenters. The minimum atomic E-state index is 0.924. The molecule has 5 nitrogen and oxygen atoms in total. The monoisotopic (exact) mass is 341 g/mol. The molecule has 2 aromatic heterocycles. The second kappa shape index (κ2) is 8.55. The van der Waals surface area contributed by atoms with Crippen molar-refractivity contribution in [2.45, 2.75) is 46.8 Å². The number of rotatable bonds is 8. The molecule has 21 heavy (non-hydrogen) atoms. The summed E-state index contributed by atoms with van der Waals surface area (Å²) >= 11 is 4.79. The fraction of sp³-hybridized carbons (Fsp3) is 0.538.